The molecule has 4 fully saturated rings. The largest absolute Gasteiger partial charge is 0.481 e. The Morgan fingerprint density at radius 2 is 1.57 bits per heavy atom. The zero-order chi connectivity index (χ0) is 26.0. The molecule has 0 saturated heterocycles. The van der Waals surface area contributed by atoms with Crippen molar-refractivity contribution in [3.8, 4) is 0 Å². The number of hydrogen-bond acceptors (Lipinski definition) is 3. The van der Waals surface area contributed by atoms with Crippen LogP contribution in [0.4, 0.5) is 0 Å². The Hall–Kier alpha value is -1.36. The molecule has 0 radical (unpaired) electrons. The number of hydrogen-bond donors (Lipinski definition) is 3. The second kappa shape index (κ2) is 7.14. The van der Waals surface area contributed by atoms with Gasteiger partial charge in [0.15, 0.2) is 0 Å². The van der Waals surface area contributed by atoms with E-state index >= 15 is 0 Å². The SMILES string of the molecule is C[C@@H]1CC[C@]2(C(=O)O)CC[C@]3(C)C(=CC[C@@H]4[C@@]5(C)C[C@@H](C(=O)O)C(C)(C)[C@@H]5CC[C@]43C)[C@@H]2[C@]1(C)O. The number of carboxylic acid groups (broad SMARTS) is 2. The normalized spacial score (nSPS) is 54.5. The molecular weight excluding hydrogens is 440 g/mol. The van der Waals surface area contributed by atoms with E-state index in [1.807, 2.05) is 6.92 Å². The molecule has 196 valence electrons. The lowest BCUT2D eigenvalue weighted by Gasteiger charge is -2.69. The van der Waals surface area contributed by atoms with Crippen LogP contribution in [-0.4, -0.2) is 32.9 Å². The number of carboxylic acids is 2. The minimum atomic E-state index is -1.06. The van der Waals surface area contributed by atoms with Gasteiger partial charge >= 0.3 is 11.9 Å². The number of fused-ring (bicyclic) bond motifs is 7. The third-order valence-electron chi connectivity index (χ3n) is 13.5. The molecule has 5 aliphatic rings. The van der Waals surface area contributed by atoms with Crippen molar-refractivity contribution < 1.29 is 24.9 Å². The molecule has 0 amide bonds. The molecule has 0 heterocycles. The molecule has 0 bridgehead atoms. The maximum atomic E-state index is 12.8. The topological polar surface area (TPSA) is 94.8 Å². The molecule has 5 rings (SSSR count). The highest BCUT2D eigenvalue weighted by Gasteiger charge is 2.72. The average Bonchev–Trinajstić information content (AvgIpc) is 2.97. The van der Waals surface area contributed by atoms with Crippen molar-refractivity contribution in [2.75, 3.05) is 0 Å². The van der Waals surface area contributed by atoms with E-state index in [0.29, 0.717) is 24.7 Å². The van der Waals surface area contributed by atoms with Gasteiger partial charge in [-0.2, -0.15) is 0 Å². The fourth-order valence-electron chi connectivity index (χ4n) is 11.1. The second-order valence-electron chi connectivity index (χ2n) is 14.8. The van der Waals surface area contributed by atoms with Crippen LogP contribution in [0.25, 0.3) is 0 Å². The summed E-state index contributed by atoms with van der Waals surface area (Å²) in [5, 5.41) is 32.5. The van der Waals surface area contributed by atoms with Gasteiger partial charge in [0.25, 0.3) is 0 Å². The van der Waals surface area contributed by atoms with Gasteiger partial charge in [-0.3, -0.25) is 9.59 Å². The van der Waals surface area contributed by atoms with E-state index in [1.165, 1.54) is 5.57 Å². The van der Waals surface area contributed by atoms with Gasteiger partial charge in [0.05, 0.1) is 16.9 Å². The van der Waals surface area contributed by atoms with Gasteiger partial charge in [-0.1, -0.05) is 53.2 Å². The molecule has 0 aliphatic heterocycles. The zero-order valence-corrected chi connectivity index (χ0v) is 22.8. The van der Waals surface area contributed by atoms with Crippen molar-refractivity contribution in [1.82, 2.24) is 0 Å². The van der Waals surface area contributed by atoms with Gasteiger partial charge in [-0.05, 0) is 97.7 Å². The van der Waals surface area contributed by atoms with Crippen LogP contribution < -0.4 is 0 Å². The summed E-state index contributed by atoms with van der Waals surface area (Å²) in [4.78, 5) is 25.1. The number of aliphatic carboxylic acids is 2. The van der Waals surface area contributed by atoms with E-state index in [2.05, 4.69) is 47.6 Å². The average molecular weight is 487 g/mol. The maximum absolute atomic E-state index is 12.8. The van der Waals surface area contributed by atoms with E-state index in [4.69, 9.17) is 0 Å². The Morgan fingerprint density at radius 1 is 0.914 bits per heavy atom. The number of rotatable bonds is 2. The molecule has 0 unspecified atom stereocenters. The first kappa shape index (κ1) is 25.3. The van der Waals surface area contributed by atoms with Crippen LogP contribution in [-0.2, 0) is 9.59 Å². The predicted molar refractivity (Wildman–Crippen MR) is 135 cm³/mol. The Labute approximate surface area is 210 Å². The Kier molecular flexibility index (Phi) is 5.16. The molecule has 0 aromatic carbocycles. The molecule has 3 N–H and O–H groups in total. The lowest BCUT2D eigenvalue weighted by molar-refractivity contribution is -0.198. The first-order valence-electron chi connectivity index (χ1n) is 13.9. The van der Waals surface area contributed by atoms with Gasteiger partial charge in [-0.15, -0.1) is 0 Å². The van der Waals surface area contributed by atoms with Crippen molar-refractivity contribution in [3.05, 3.63) is 11.6 Å². The lowest BCUT2D eigenvalue weighted by atomic mass is 9.35. The zero-order valence-electron chi connectivity index (χ0n) is 22.8. The molecule has 4 saturated carbocycles. The lowest BCUT2D eigenvalue weighted by Crippen LogP contribution is -2.66. The summed E-state index contributed by atoms with van der Waals surface area (Å²) in [5.74, 6) is -1.34. The second-order valence-corrected chi connectivity index (χ2v) is 14.8. The highest BCUT2D eigenvalue weighted by molar-refractivity contribution is 5.77. The van der Waals surface area contributed by atoms with Gasteiger partial charge in [0, 0.05) is 5.92 Å². The van der Waals surface area contributed by atoms with E-state index in [0.717, 1.165) is 38.5 Å². The third-order valence-corrected chi connectivity index (χ3v) is 13.5. The molecule has 35 heavy (non-hydrogen) atoms. The summed E-state index contributed by atoms with van der Waals surface area (Å²) in [6.07, 6.45) is 8.76. The number of aliphatic hydroxyl groups is 1. The van der Waals surface area contributed by atoms with Crippen molar-refractivity contribution in [2.45, 2.75) is 105 Å². The Bertz CT molecular complexity index is 995. The maximum Gasteiger partial charge on any atom is 0.310 e. The van der Waals surface area contributed by atoms with Crippen molar-refractivity contribution in [2.24, 2.45) is 56.7 Å². The highest BCUT2D eigenvalue weighted by Crippen LogP contribution is 2.77. The quantitative estimate of drug-likeness (QED) is 0.407. The molecule has 0 aromatic rings. The minimum Gasteiger partial charge on any atom is -0.481 e. The smallest absolute Gasteiger partial charge is 0.310 e. The van der Waals surface area contributed by atoms with Crippen LogP contribution in [0.5, 0.6) is 0 Å². The number of carbonyl (C=O) groups is 2. The molecule has 5 heteroatoms. The van der Waals surface area contributed by atoms with Crippen LogP contribution in [0.2, 0.25) is 0 Å². The van der Waals surface area contributed by atoms with Gasteiger partial charge in [0.1, 0.15) is 0 Å². The molecular formula is C30H46O5. The highest BCUT2D eigenvalue weighted by atomic mass is 16.4. The summed E-state index contributed by atoms with van der Waals surface area (Å²) in [6, 6.07) is 0. The Balaban J connectivity index is 1.64. The summed E-state index contributed by atoms with van der Waals surface area (Å²) in [7, 11) is 0. The van der Waals surface area contributed by atoms with Crippen LogP contribution >= 0.6 is 0 Å². The molecule has 5 aliphatic carbocycles. The summed E-state index contributed by atoms with van der Waals surface area (Å²) in [5.41, 5.74) is -1.30. The summed E-state index contributed by atoms with van der Waals surface area (Å²) >= 11 is 0. The molecule has 0 aromatic heterocycles. The summed E-state index contributed by atoms with van der Waals surface area (Å²) < 4.78 is 0. The van der Waals surface area contributed by atoms with Gasteiger partial charge in [0.2, 0.25) is 0 Å². The van der Waals surface area contributed by atoms with Crippen LogP contribution in [0, 0.1) is 56.7 Å². The van der Waals surface area contributed by atoms with Gasteiger partial charge in [-0.25, -0.2) is 0 Å². The predicted octanol–water partition coefficient (Wildman–Crippen LogP) is 6.15. The first-order chi connectivity index (χ1) is 16.0. The van der Waals surface area contributed by atoms with Crippen molar-refractivity contribution >= 4 is 11.9 Å². The standard InChI is InChI=1S/C30H46O5/c1-17-10-13-30(24(33)34)15-14-27(5)18(22(30)29(17,7)35)8-9-21-26(4)16-19(23(31)32)25(2,3)20(26)11-12-28(21,27)6/h8,17,19-22,35H,9-16H2,1-7H3,(H,31,32)(H,33,34)/t17-,19+,20+,21-,22-,26+,27-,28-,29-,30+/m1/s1. The van der Waals surface area contributed by atoms with Crippen LogP contribution in [0.15, 0.2) is 11.6 Å². The van der Waals surface area contributed by atoms with Crippen LogP contribution in [0.3, 0.4) is 0 Å². The van der Waals surface area contributed by atoms with Crippen molar-refractivity contribution in [1.29, 1.82) is 0 Å². The molecule has 0 spiro atoms. The number of allylic oxidation sites excluding steroid dienone is 1. The van der Waals surface area contributed by atoms with E-state index in [1.54, 1.807) is 0 Å². The van der Waals surface area contributed by atoms with E-state index < -0.39 is 23.0 Å². The Morgan fingerprint density at radius 3 is 2.17 bits per heavy atom. The van der Waals surface area contributed by atoms with E-state index in [-0.39, 0.29) is 39.4 Å². The monoisotopic (exact) mass is 486 g/mol. The van der Waals surface area contributed by atoms with Gasteiger partial charge < -0.3 is 15.3 Å². The first-order valence-corrected chi connectivity index (χ1v) is 13.9. The van der Waals surface area contributed by atoms with Crippen LogP contribution in [0.1, 0.15) is 99.8 Å². The minimum absolute atomic E-state index is 0.0484. The van der Waals surface area contributed by atoms with Crippen molar-refractivity contribution in [3.63, 3.8) is 0 Å². The third kappa shape index (κ3) is 2.80. The fraction of sp³-hybridized carbons (Fsp3) is 0.867. The van der Waals surface area contributed by atoms with E-state index in [9.17, 15) is 24.9 Å². The molecule has 10 atom stereocenters. The molecule has 5 nitrogen and oxygen atoms in total. The summed E-state index contributed by atoms with van der Waals surface area (Å²) in [6.45, 7) is 15.4. The fourth-order valence-corrected chi connectivity index (χ4v) is 11.1.